The SMILES string of the molecule is CCCC(c1ccc(C(=O)N(N)CCC(=O)O)cc1)C(COc1cccc(OC(F)(F)F)c1)c1ccc(Cl)cc1. The molecule has 0 saturated carbocycles. The molecule has 0 aromatic heterocycles. The first-order valence-corrected chi connectivity index (χ1v) is 13.0. The summed E-state index contributed by atoms with van der Waals surface area (Å²) in [7, 11) is 0. The molecule has 0 aliphatic rings. The van der Waals surface area contributed by atoms with Crippen molar-refractivity contribution < 1.29 is 37.3 Å². The molecule has 2 atom stereocenters. The zero-order chi connectivity index (χ0) is 29.3. The van der Waals surface area contributed by atoms with E-state index in [2.05, 4.69) is 4.74 Å². The standard InChI is InChI=1S/C29H30ClF3N2O5/c1-2-4-25(19-7-9-21(10-8-19)28(38)35(34)16-15-27(36)37)26(20-11-13-22(30)14-12-20)18-39-23-5-3-6-24(17-23)40-29(31,32)33/h3,5-14,17,25-26H,2,4,15-16,18,34H2,1H3,(H,36,37). The predicted octanol–water partition coefficient (Wildman–Crippen LogP) is 6.78. The average molecular weight is 579 g/mol. The highest BCUT2D eigenvalue weighted by atomic mass is 35.5. The van der Waals surface area contributed by atoms with Crippen LogP contribution in [0.3, 0.4) is 0 Å². The second-order valence-electron chi connectivity index (χ2n) is 9.15. The van der Waals surface area contributed by atoms with E-state index in [4.69, 9.17) is 27.3 Å². The number of aliphatic carboxylic acids is 1. The smallest absolute Gasteiger partial charge is 0.493 e. The Morgan fingerprint density at radius 1 is 0.975 bits per heavy atom. The lowest BCUT2D eigenvalue weighted by Crippen LogP contribution is -2.38. The summed E-state index contributed by atoms with van der Waals surface area (Å²) in [4.78, 5) is 23.4. The molecule has 0 spiro atoms. The van der Waals surface area contributed by atoms with Crippen LogP contribution in [0.4, 0.5) is 13.2 Å². The summed E-state index contributed by atoms with van der Waals surface area (Å²) in [5.74, 6) is 3.73. The number of carbonyl (C=O) groups excluding carboxylic acids is 1. The monoisotopic (exact) mass is 578 g/mol. The van der Waals surface area contributed by atoms with Crippen molar-refractivity contribution in [3.8, 4) is 11.5 Å². The van der Waals surface area contributed by atoms with E-state index in [0.717, 1.165) is 29.0 Å². The van der Waals surface area contributed by atoms with Crippen molar-refractivity contribution in [2.75, 3.05) is 13.2 Å². The molecule has 1 amide bonds. The van der Waals surface area contributed by atoms with Crippen LogP contribution in [0.1, 0.15) is 59.5 Å². The second kappa shape index (κ2) is 14.0. The molecular formula is C29H30ClF3N2O5. The van der Waals surface area contributed by atoms with Crippen molar-refractivity contribution in [3.63, 3.8) is 0 Å². The van der Waals surface area contributed by atoms with Crippen molar-refractivity contribution in [2.24, 2.45) is 5.84 Å². The van der Waals surface area contributed by atoms with E-state index in [0.29, 0.717) is 10.6 Å². The van der Waals surface area contributed by atoms with Gasteiger partial charge in [-0.1, -0.05) is 55.3 Å². The van der Waals surface area contributed by atoms with E-state index < -0.39 is 18.2 Å². The Labute approximate surface area is 235 Å². The van der Waals surface area contributed by atoms with Crippen molar-refractivity contribution in [1.29, 1.82) is 0 Å². The maximum absolute atomic E-state index is 12.7. The number of nitrogens with zero attached hydrogens (tertiary/aromatic N) is 1. The molecule has 7 nitrogen and oxygen atoms in total. The number of hydrogen-bond acceptors (Lipinski definition) is 5. The van der Waals surface area contributed by atoms with Gasteiger partial charge >= 0.3 is 12.3 Å². The first-order chi connectivity index (χ1) is 19.0. The Morgan fingerprint density at radius 2 is 1.57 bits per heavy atom. The van der Waals surface area contributed by atoms with Gasteiger partial charge in [-0.25, -0.2) is 5.84 Å². The largest absolute Gasteiger partial charge is 0.573 e. The number of hydrogen-bond donors (Lipinski definition) is 2. The van der Waals surface area contributed by atoms with Gasteiger partial charge in [0.1, 0.15) is 11.5 Å². The number of carboxylic acid groups (broad SMARTS) is 1. The molecule has 3 aromatic rings. The molecule has 0 fully saturated rings. The third kappa shape index (κ3) is 9.17. The van der Waals surface area contributed by atoms with E-state index in [1.807, 2.05) is 31.2 Å². The Bertz CT molecular complexity index is 1270. The summed E-state index contributed by atoms with van der Waals surface area (Å²) in [5, 5.41) is 10.3. The van der Waals surface area contributed by atoms with Gasteiger partial charge in [0.15, 0.2) is 0 Å². The van der Waals surface area contributed by atoms with Crippen LogP contribution in [0.15, 0.2) is 72.8 Å². The van der Waals surface area contributed by atoms with Crippen molar-refractivity contribution in [1.82, 2.24) is 5.01 Å². The zero-order valence-electron chi connectivity index (χ0n) is 21.7. The van der Waals surface area contributed by atoms with E-state index in [-0.39, 0.29) is 42.9 Å². The van der Waals surface area contributed by atoms with Gasteiger partial charge in [0.25, 0.3) is 5.91 Å². The molecule has 2 unspecified atom stereocenters. The van der Waals surface area contributed by atoms with Crippen LogP contribution >= 0.6 is 11.6 Å². The van der Waals surface area contributed by atoms with E-state index in [9.17, 15) is 22.8 Å². The van der Waals surface area contributed by atoms with Gasteiger partial charge in [0.2, 0.25) is 0 Å². The number of alkyl halides is 3. The number of hydrazine groups is 1. The van der Waals surface area contributed by atoms with Crippen molar-refractivity contribution in [2.45, 2.75) is 44.4 Å². The number of carboxylic acids is 1. The minimum atomic E-state index is -4.82. The summed E-state index contributed by atoms with van der Waals surface area (Å²) in [6.45, 7) is 2.06. The number of rotatable bonds is 13. The lowest BCUT2D eigenvalue weighted by molar-refractivity contribution is -0.274. The Morgan fingerprint density at radius 3 is 2.17 bits per heavy atom. The predicted molar refractivity (Wildman–Crippen MR) is 144 cm³/mol. The molecular weight excluding hydrogens is 549 g/mol. The van der Waals surface area contributed by atoms with Crippen LogP contribution < -0.4 is 15.3 Å². The molecule has 40 heavy (non-hydrogen) atoms. The highest BCUT2D eigenvalue weighted by molar-refractivity contribution is 6.30. The molecule has 3 N–H and O–H groups in total. The topological polar surface area (TPSA) is 102 Å². The number of carbonyl (C=O) groups is 2. The van der Waals surface area contributed by atoms with Crippen molar-refractivity contribution >= 4 is 23.5 Å². The van der Waals surface area contributed by atoms with Gasteiger partial charge in [-0.2, -0.15) is 0 Å². The van der Waals surface area contributed by atoms with Gasteiger partial charge < -0.3 is 14.6 Å². The number of benzene rings is 3. The molecule has 214 valence electrons. The molecule has 0 aliphatic carbocycles. The summed E-state index contributed by atoms with van der Waals surface area (Å²) in [6, 6.07) is 19.6. The maximum Gasteiger partial charge on any atom is 0.573 e. The molecule has 0 bridgehead atoms. The fourth-order valence-electron chi connectivity index (χ4n) is 4.37. The lowest BCUT2D eigenvalue weighted by Gasteiger charge is -2.28. The third-order valence-electron chi connectivity index (χ3n) is 6.27. The Hall–Kier alpha value is -3.76. The van der Waals surface area contributed by atoms with Gasteiger partial charge in [-0.05, 0) is 59.9 Å². The Balaban J connectivity index is 1.86. The quantitative estimate of drug-likeness (QED) is 0.132. The van der Waals surface area contributed by atoms with Crippen LogP contribution in [-0.2, 0) is 4.79 Å². The molecule has 0 heterocycles. The normalized spacial score (nSPS) is 12.8. The first kappa shape index (κ1) is 30.8. The molecule has 3 aromatic carbocycles. The second-order valence-corrected chi connectivity index (χ2v) is 9.59. The molecule has 0 saturated heterocycles. The van der Waals surface area contributed by atoms with Crippen LogP contribution in [0, 0.1) is 0 Å². The summed E-state index contributed by atoms with van der Waals surface area (Å²) in [6.07, 6.45) is -3.51. The highest BCUT2D eigenvalue weighted by Crippen LogP contribution is 2.38. The van der Waals surface area contributed by atoms with E-state index in [1.165, 1.54) is 18.2 Å². The van der Waals surface area contributed by atoms with Gasteiger partial charge in [0, 0.05) is 29.1 Å². The van der Waals surface area contributed by atoms with Gasteiger partial charge in [0.05, 0.1) is 13.0 Å². The third-order valence-corrected chi connectivity index (χ3v) is 6.52. The fraction of sp³-hybridized carbons (Fsp3) is 0.310. The first-order valence-electron chi connectivity index (χ1n) is 12.6. The number of nitrogens with two attached hydrogens (primary N) is 1. The number of ether oxygens (including phenoxy) is 2. The lowest BCUT2D eigenvalue weighted by atomic mass is 9.79. The average Bonchev–Trinajstić information content (AvgIpc) is 2.91. The Kier molecular flexibility index (Phi) is 10.8. The van der Waals surface area contributed by atoms with Crippen LogP contribution in [0.25, 0.3) is 0 Å². The summed E-state index contributed by atoms with van der Waals surface area (Å²) >= 11 is 6.11. The van der Waals surface area contributed by atoms with Crippen molar-refractivity contribution in [3.05, 3.63) is 94.5 Å². The van der Waals surface area contributed by atoms with E-state index >= 15 is 0 Å². The number of halogens is 4. The van der Waals surface area contributed by atoms with Gasteiger partial charge in [-0.3, -0.25) is 14.6 Å². The van der Waals surface area contributed by atoms with Gasteiger partial charge in [-0.15, -0.1) is 13.2 Å². The summed E-state index contributed by atoms with van der Waals surface area (Å²) < 4.78 is 48.1. The minimum Gasteiger partial charge on any atom is -0.493 e. The molecule has 0 aliphatic heterocycles. The van der Waals surface area contributed by atoms with Crippen LogP contribution in [0.2, 0.25) is 5.02 Å². The van der Waals surface area contributed by atoms with Crippen LogP contribution in [0.5, 0.6) is 11.5 Å². The minimum absolute atomic E-state index is 0.0778. The summed E-state index contributed by atoms with van der Waals surface area (Å²) in [5.41, 5.74) is 2.16. The molecule has 0 radical (unpaired) electrons. The van der Waals surface area contributed by atoms with Crippen LogP contribution in [-0.4, -0.2) is 41.5 Å². The fourth-order valence-corrected chi connectivity index (χ4v) is 4.50. The number of amides is 1. The maximum atomic E-state index is 12.7. The molecule has 11 heteroatoms. The van der Waals surface area contributed by atoms with E-state index in [1.54, 1.807) is 30.3 Å². The molecule has 3 rings (SSSR count). The zero-order valence-corrected chi connectivity index (χ0v) is 22.5. The highest BCUT2D eigenvalue weighted by Gasteiger charge is 2.31.